The first-order valence-electron chi connectivity index (χ1n) is 7.22. The maximum absolute atomic E-state index is 13.6. The SMILES string of the molecule is O=C(Nc1ccc(F)cc1F)c1cnc(Nc2cc(Cl)cc(Cl)c2)cn1. The number of amides is 1. The predicted octanol–water partition coefficient (Wildman–Crippen LogP) is 5.06. The minimum Gasteiger partial charge on any atom is -0.339 e. The third-order valence-electron chi connectivity index (χ3n) is 3.20. The molecule has 0 bridgehead atoms. The van der Waals surface area contributed by atoms with E-state index in [9.17, 15) is 13.6 Å². The smallest absolute Gasteiger partial charge is 0.275 e. The van der Waals surface area contributed by atoms with Crippen molar-refractivity contribution in [3.8, 4) is 0 Å². The molecular formula is C17H10Cl2F2N4O. The number of carbonyl (C=O) groups excluding carboxylic acids is 1. The van der Waals surface area contributed by atoms with Crippen LogP contribution in [0.15, 0.2) is 48.8 Å². The molecule has 0 aliphatic carbocycles. The van der Waals surface area contributed by atoms with Crippen LogP contribution >= 0.6 is 23.2 Å². The monoisotopic (exact) mass is 394 g/mol. The number of anilines is 3. The molecule has 0 aliphatic heterocycles. The van der Waals surface area contributed by atoms with Crippen LogP contribution in [0.5, 0.6) is 0 Å². The van der Waals surface area contributed by atoms with Gasteiger partial charge in [-0.05, 0) is 30.3 Å². The van der Waals surface area contributed by atoms with Gasteiger partial charge in [0.2, 0.25) is 0 Å². The van der Waals surface area contributed by atoms with E-state index in [-0.39, 0.29) is 11.4 Å². The van der Waals surface area contributed by atoms with E-state index < -0.39 is 17.5 Å². The fraction of sp³-hybridized carbons (Fsp3) is 0. The highest BCUT2D eigenvalue weighted by atomic mass is 35.5. The molecule has 132 valence electrons. The Morgan fingerprint density at radius 2 is 1.69 bits per heavy atom. The molecule has 0 spiro atoms. The molecule has 1 heterocycles. The van der Waals surface area contributed by atoms with Crippen LogP contribution in [0.1, 0.15) is 10.5 Å². The summed E-state index contributed by atoms with van der Waals surface area (Å²) in [5.41, 5.74) is 0.403. The predicted molar refractivity (Wildman–Crippen MR) is 96.1 cm³/mol. The maximum Gasteiger partial charge on any atom is 0.275 e. The third-order valence-corrected chi connectivity index (χ3v) is 3.64. The molecule has 0 saturated carbocycles. The van der Waals surface area contributed by atoms with E-state index in [0.717, 1.165) is 12.1 Å². The molecule has 0 unspecified atom stereocenters. The van der Waals surface area contributed by atoms with Crippen molar-refractivity contribution >= 4 is 46.3 Å². The Bertz CT molecular complexity index is 947. The quantitative estimate of drug-likeness (QED) is 0.648. The fourth-order valence-corrected chi connectivity index (χ4v) is 2.59. The van der Waals surface area contributed by atoms with E-state index in [2.05, 4.69) is 20.6 Å². The van der Waals surface area contributed by atoms with Crippen molar-refractivity contribution in [1.82, 2.24) is 9.97 Å². The first kappa shape index (κ1) is 18.0. The van der Waals surface area contributed by atoms with Crippen molar-refractivity contribution < 1.29 is 13.6 Å². The minimum absolute atomic E-state index is 0.0385. The van der Waals surface area contributed by atoms with Gasteiger partial charge in [-0.15, -0.1) is 0 Å². The zero-order valence-electron chi connectivity index (χ0n) is 12.9. The summed E-state index contributed by atoms with van der Waals surface area (Å²) in [6.07, 6.45) is 2.54. The highest BCUT2D eigenvalue weighted by Gasteiger charge is 2.12. The van der Waals surface area contributed by atoms with E-state index in [1.165, 1.54) is 12.4 Å². The van der Waals surface area contributed by atoms with Crippen molar-refractivity contribution in [2.24, 2.45) is 0 Å². The summed E-state index contributed by atoms with van der Waals surface area (Å²) in [7, 11) is 0. The third kappa shape index (κ3) is 4.44. The second kappa shape index (κ2) is 7.63. The molecule has 5 nitrogen and oxygen atoms in total. The lowest BCUT2D eigenvalue weighted by molar-refractivity contribution is 0.102. The molecule has 9 heteroatoms. The van der Waals surface area contributed by atoms with E-state index in [1.807, 2.05) is 0 Å². The highest BCUT2D eigenvalue weighted by molar-refractivity contribution is 6.35. The zero-order chi connectivity index (χ0) is 18.7. The summed E-state index contributed by atoms with van der Waals surface area (Å²) in [5, 5.41) is 6.14. The van der Waals surface area contributed by atoms with Crippen LogP contribution in [-0.2, 0) is 0 Å². The van der Waals surface area contributed by atoms with Gasteiger partial charge in [-0.1, -0.05) is 23.2 Å². The number of nitrogens with zero attached hydrogens (tertiary/aromatic N) is 2. The van der Waals surface area contributed by atoms with Crippen LogP contribution in [0.4, 0.5) is 26.0 Å². The summed E-state index contributed by atoms with van der Waals surface area (Å²) < 4.78 is 26.5. The first-order chi connectivity index (χ1) is 12.4. The van der Waals surface area contributed by atoms with Crippen molar-refractivity contribution in [1.29, 1.82) is 0 Å². The number of benzene rings is 2. The number of carbonyl (C=O) groups is 1. The molecule has 2 aromatic carbocycles. The summed E-state index contributed by atoms with van der Waals surface area (Å²) in [4.78, 5) is 20.1. The largest absolute Gasteiger partial charge is 0.339 e. The number of nitrogens with one attached hydrogen (secondary N) is 2. The van der Waals surface area contributed by atoms with Gasteiger partial charge in [0.25, 0.3) is 5.91 Å². The van der Waals surface area contributed by atoms with Gasteiger partial charge in [-0.2, -0.15) is 0 Å². The molecule has 3 aromatic rings. The first-order valence-corrected chi connectivity index (χ1v) is 7.98. The Morgan fingerprint density at radius 3 is 2.31 bits per heavy atom. The molecule has 0 aliphatic rings. The number of rotatable bonds is 4. The topological polar surface area (TPSA) is 66.9 Å². The molecule has 26 heavy (non-hydrogen) atoms. The Balaban J connectivity index is 1.71. The zero-order valence-corrected chi connectivity index (χ0v) is 14.4. The molecule has 1 amide bonds. The lowest BCUT2D eigenvalue weighted by Crippen LogP contribution is -2.15. The van der Waals surface area contributed by atoms with Crippen molar-refractivity contribution in [3.63, 3.8) is 0 Å². The Morgan fingerprint density at radius 1 is 0.962 bits per heavy atom. The number of hydrogen-bond acceptors (Lipinski definition) is 4. The van der Waals surface area contributed by atoms with Crippen LogP contribution in [0.2, 0.25) is 10.0 Å². The van der Waals surface area contributed by atoms with Crippen molar-refractivity contribution in [2.45, 2.75) is 0 Å². The Kier molecular flexibility index (Phi) is 5.29. The Hall–Kier alpha value is -2.77. The molecule has 0 radical (unpaired) electrons. The van der Waals surface area contributed by atoms with Gasteiger partial charge in [0.1, 0.15) is 23.1 Å². The lowest BCUT2D eigenvalue weighted by atomic mass is 10.3. The van der Waals surface area contributed by atoms with Crippen molar-refractivity contribution in [3.05, 3.63) is 76.2 Å². The number of aromatic nitrogens is 2. The summed E-state index contributed by atoms with van der Waals surface area (Å²) in [6.45, 7) is 0. The van der Waals surface area contributed by atoms with Crippen molar-refractivity contribution in [2.75, 3.05) is 10.6 Å². The number of hydrogen-bond donors (Lipinski definition) is 2. The summed E-state index contributed by atoms with van der Waals surface area (Å²) in [5.74, 6) is -1.95. The van der Waals surface area contributed by atoms with Gasteiger partial charge in [0.05, 0.1) is 18.1 Å². The summed E-state index contributed by atoms with van der Waals surface area (Å²) >= 11 is 11.8. The van der Waals surface area contributed by atoms with Gasteiger partial charge in [-0.3, -0.25) is 4.79 Å². The number of halogens is 4. The standard InChI is InChI=1S/C17H10Cl2F2N4O/c18-9-3-10(19)5-12(4-9)24-16-8-22-15(7-23-16)17(26)25-14-2-1-11(20)6-13(14)21/h1-8H,(H,23,24)(H,25,26). The molecule has 0 saturated heterocycles. The van der Waals surface area contributed by atoms with Gasteiger partial charge in [0, 0.05) is 21.8 Å². The normalized spacial score (nSPS) is 10.5. The average molecular weight is 395 g/mol. The second-order valence-corrected chi connectivity index (χ2v) is 6.02. The lowest BCUT2D eigenvalue weighted by Gasteiger charge is -2.08. The second-order valence-electron chi connectivity index (χ2n) is 5.15. The maximum atomic E-state index is 13.6. The minimum atomic E-state index is -0.887. The molecule has 1 aromatic heterocycles. The van der Waals surface area contributed by atoms with Crippen LogP contribution < -0.4 is 10.6 Å². The average Bonchev–Trinajstić information content (AvgIpc) is 2.57. The van der Waals surface area contributed by atoms with E-state index in [1.54, 1.807) is 18.2 Å². The van der Waals surface area contributed by atoms with Gasteiger partial charge in [0.15, 0.2) is 0 Å². The Labute approximate surface area is 157 Å². The highest BCUT2D eigenvalue weighted by Crippen LogP contribution is 2.24. The molecule has 3 rings (SSSR count). The fourth-order valence-electron chi connectivity index (χ4n) is 2.06. The van der Waals surface area contributed by atoms with Gasteiger partial charge in [-0.25, -0.2) is 18.7 Å². The van der Waals surface area contributed by atoms with E-state index in [0.29, 0.717) is 27.6 Å². The molecule has 0 atom stereocenters. The molecular weight excluding hydrogens is 385 g/mol. The van der Waals surface area contributed by atoms with Gasteiger partial charge >= 0.3 is 0 Å². The van der Waals surface area contributed by atoms with Crippen LogP contribution in [-0.4, -0.2) is 15.9 Å². The van der Waals surface area contributed by atoms with Gasteiger partial charge < -0.3 is 10.6 Å². The molecule has 0 fully saturated rings. The van der Waals surface area contributed by atoms with E-state index >= 15 is 0 Å². The summed E-state index contributed by atoms with van der Waals surface area (Å²) in [6, 6.07) is 7.70. The van der Waals surface area contributed by atoms with Crippen LogP contribution in [0.25, 0.3) is 0 Å². The van der Waals surface area contributed by atoms with Crippen LogP contribution in [0, 0.1) is 11.6 Å². The molecule has 2 N–H and O–H groups in total. The van der Waals surface area contributed by atoms with E-state index in [4.69, 9.17) is 23.2 Å². The van der Waals surface area contributed by atoms with Crippen LogP contribution in [0.3, 0.4) is 0 Å².